The second kappa shape index (κ2) is 9.91. The van der Waals surface area contributed by atoms with Crippen LogP contribution in [0.15, 0.2) is 76.0 Å². The van der Waals surface area contributed by atoms with Crippen LogP contribution < -0.4 is 20.4 Å². The summed E-state index contributed by atoms with van der Waals surface area (Å²) in [7, 11) is 1.37. The number of rotatable bonds is 7. The Morgan fingerprint density at radius 1 is 1.19 bits per heavy atom. The Morgan fingerprint density at radius 2 is 1.97 bits per heavy atom. The summed E-state index contributed by atoms with van der Waals surface area (Å²) in [6.45, 7) is 3.72. The Bertz CT molecular complexity index is 1330. The molecule has 160 valence electrons. The number of fused-ring (bicyclic) bond motifs is 1. The third kappa shape index (κ3) is 4.91. The van der Waals surface area contributed by atoms with Gasteiger partial charge in [0.15, 0.2) is 11.5 Å². The van der Waals surface area contributed by atoms with Gasteiger partial charge in [-0.3, -0.25) is 4.79 Å². The van der Waals surface area contributed by atoms with Crippen molar-refractivity contribution in [1.82, 2.24) is 5.32 Å². The second-order valence-electron chi connectivity index (χ2n) is 6.45. The predicted molar refractivity (Wildman–Crippen MR) is 117 cm³/mol. The highest BCUT2D eigenvalue weighted by Crippen LogP contribution is 2.29. The standard InChI is InChI=1S/C24H18N2O6/c1-3-10-26-22(27)17(14-25)11-15-8-9-20(21(12-15)30-2)32-24(29)18-13-16-6-4-5-7-19(16)31-23(18)28/h3-9,11-13H,1,10H2,2H3,(H,26,27). The zero-order valence-corrected chi connectivity index (χ0v) is 17.1. The van der Waals surface area contributed by atoms with Gasteiger partial charge >= 0.3 is 11.6 Å². The number of amides is 1. The minimum atomic E-state index is -0.910. The molecule has 0 saturated carbocycles. The van der Waals surface area contributed by atoms with Gasteiger partial charge in [-0.05, 0) is 35.9 Å². The molecule has 0 aliphatic heterocycles. The van der Waals surface area contributed by atoms with Crippen molar-refractivity contribution in [1.29, 1.82) is 5.26 Å². The molecule has 1 amide bonds. The molecule has 0 unspecified atom stereocenters. The van der Waals surface area contributed by atoms with Gasteiger partial charge in [-0.2, -0.15) is 5.26 Å². The number of esters is 1. The number of hydrogen-bond acceptors (Lipinski definition) is 7. The molecule has 32 heavy (non-hydrogen) atoms. The SMILES string of the molecule is C=CCNC(=O)C(C#N)=Cc1ccc(OC(=O)c2cc3ccccc3oc2=O)c(OC)c1. The molecule has 1 heterocycles. The van der Waals surface area contributed by atoms with Gasteiger partial charge < -0.3 is 19.2 Å². The van der Waals surface area contributed by atoms with E-state index in [1.54, 1.807) is 24.3 Å². The quantitative estimate of drug-likeness (QED) is 0.153. The van der Waals surface area contributed by atoms with Gasteiger partial charge in [-0.15, -0.1) is 6.58 Å². The summed E-state index contributed by atoms with van der Waals surface area (Å²) < 4.78 is 15.8. The molecule has 0 atom stereocenters. The number of benzene rings is 2. The molecule has 1 N–H and O–H groups in total. The number of carbonyl (C=O) groups excluding carboxylic acids is 2. The van der Waals surface area contributed by atoms with Crippen molar-refractivity contribution >= 4 is 28.9 Å². The summed E-state index contributed by atoms with van der Waals surface area (Å²) in [5, 5.41) is 12.3. The molecule has 0 fully saturated rings. The van der Waals surface area contributed by atoms with Crippen molar-refractivity contribution in [2.24, 2.45) is 0 Å². The highest BCUT2D eigenvalue weighted by Gasteiger charge is 2.18. The van der Waals surface area contributed by atoms with Gasteiger partial charge in [0.2, 0.25) is 0 Å². The number of nitrogens with one attached hydrogen (secondary N) is 1. The lowest BCUT2D eigenvalue weighted by molar-refractivity contribution is -0.116. The molecule has 0 aliphatic rings. The summed E-state index contributed by atoms with van der Waals surface area (Å²) in [5.41, 5.74) is -0.380. The number of nitrogens with zero attached hydrogens (tertiary/aromatic N) is 1. The van der Waals surface area contributed by atoms with Gasteiger partial charge in [0, 0.05) is 11.9 Å². The minimum absolute atomic E-state index is 0.0526. The van der Waals surface area contributed by atoms with Gasteiger partial charge in [-0.1, -0.05) is 30.3 Å². The van der Waals surface area contributed by atoms with Crippen LogP contribution in [-0.4, -0.2) is 25.5 Å². The molecule has 0 bridgehead atoms. The number of ether oxygens (including phenoxy) is 2. The van der Waals surface area contributed by atoms with E-state index in [4.69, 9.17) is 13.9 Å². The summed E-state index contributed by atoms with van der Waals surface area (Å²) in [4.78, 5) is 36.8. The largest absolute Gasteiger partial charge is 0.493 e. The van der Waals surface area contributed by atoms with Crippen LogP contribution >= 0.6 is 0 Å². The average Bonchev–Trinajstić information content (AvgIpc) is 2.81. The minimum Gasteiger partial charge on any atom is -0.493 e. The van der Waals surface area contributed by atoms with E-state index in [2.05, 4.69) is 11.9 Å². The van der Waals surface area contributed by atoms with Crippen LogP contribution in [0.25, 0.3) is 17.0 Å². The zero-order chi connectivity index (χ0) is 23.1. The van der Waals surface area contributed by atoms with Crippen molar-refractivity contribution in [3.63, 3.8) is 0 Å². The van der Waals surface area contributed by atoms with E-state index in [1.807, 2.05) is 6.07 Å². The van der Waals surface area contributed by atoms with Gasteiger partial charge in [0.1, 0.15) is 22.8 Å². The predicted octanol–water partition coefficient (Wildman–Crippen LogP) is 3.23. The fourth-order valence-electron chi connectivity index (χ4n) is 2.79. The maximum Gasteiger partial charge on any atom is 0.351 e. The van der Waals surface area contributed by atoms with E-state index in [9.17, 15) is 19.6 Å². The number of nitriles is 1. The maximum atomic E-state index is 12.6. The summed E-state index contributed by atoms with van der Waals surface area (Å²) >= 11 is 0. The van der Waals surface area contributed by atoms with Gasteiger partial charge in [-0.25, -0.2) is 9.59 Å². The Balaban J connectivity index is 1.87. The fourth-order valence-corrected chi connectivity index (χ4v) is 2.79. The van der Waals surface area contributed by atoms with Crippen molar-refractivity contribution in [2.75, 3.05) is 13.7 Å². The van der Waals surface area contributed by atoms with Crippen LogP contribution in [0.1, 0.15) is 15.9 Å². The first-order valence-electron chi connectivity index (χ1n) is 9.40. The summed E-state index contributed by atoms with van der Waals surface area (Å²) in [6.07, 6.45) is 2.86. The molecule has 8 nitrogen and oxygen atoms in total. The molecular formula is C24H18N2O6. The van der Waals surface area contributed by atoms with E-state index >= 15 is 0 Å². The van der Waals surface area contributed by atoms with E-state index in [0.29, 0.717) is 16.5 Å². The van der Waals surface area contributed by atoms with E-state index in [1.165, 1.54) is 43.5 Å². The Hall–Kier alpha value is -4.64. The van der Waals surface area contributed by atoms with Gasteiger partial charge in [0.25, 0.3) is 5.91 Å². The van der Waals surface area contributed by atoms with Crippen LogP contribution in [0.5, 0.6) is 11.5 Å². The number of methoxy groups -OCH3 is 1. The molecule has 0 saturated heterocycles. The van der Waals surface area contributed by atoms with Crippen molar-refractivity contribution in [2.45, 2.75) is 0 Å². The third-order valence-corrected chi connectivity index (χ3v) is 4.33. The molecule has 8 heteroatoms. The summed E-state index contributed by atoms with van der Waals surface area (Å²) in [5.74, 6) is -1.24. The molecule has 1 aromatic heterocycles. The molecular weight excluding hydrogens is 412 g/mol. The molecule has 2 aromatic carbocycles. The second-order valence-corrected chi connectivity index (χ2v) is 6.45. The molecule has 0 radical (unpaired) electrons. The highest BCUT2D eigenvalue weighted by atomic mass is 16.6. The van der Waals surface area contributed by atoms with Crippen LogP contribution in [0, 0.1) is 11.3 Å². The average molecular weight is 430 g/mol. The molecule has 3 aromatic rings. The molecule has 0 aliphatic carbocycles. The van der Waals surface area contributed by atoms with Crippen molar-refractivity contribution < 1.29 is 23.5 Å². The van der Waals surface area contributed by atoms with Crippen molar-refractivity contribution in [3.05, 3.63) is 88.3 Å². The normalized spacial score (nSPS) is 10.8. The lowest BCUT2D eigenvalue weighted by Gasteiger charge is -2.10. The lowest BCUT2D eigenvalue weighted by atomic mass is 10.1. The number of carbonyl (C=O) groups is 2. The Labute approximate surface area is 183 Å². The molecule has 0 spiro atoms. The maximum absolute atomic E-state index is 12.6. The number of para-hydroxylation sites is 1. The first-order valence-corrected chi connectivity index (χ1v) is 9.40. The van der Waals surface area contributed by atoms with E-state index in [-0.39, 0.29) is 29.2 Å². The summed E-state index contributed by atoms with van der Waals surface area (Å²) in [6, 6.07) is 14.5. The van der Waals surface area contributed by atoms with Crippen LogP contribution in [0.3, 0.4) is 0 Å². The topological polar surface area (TPSA) is 119 Å². The Kier molecular flexibility index (Phi) is 6.83. The van der Waals surface area contributed by atoms with Crippen LogP contribution in [-0.2, 0) is 4.79 Å². The molecule has 3 rings (SSSR count). The monoisotopic (exact) mass is 430 g/mol. The van der Waals surface area contributed by atoms with Crippen LogP contribution in [0.2, 0.25) is 0 Å². The van der Waals surface area contributed by atoms with Crippen LogP contribution in [0.4, 0.5) is 0 Å². The highest BCUT2D eigenvalue weighted by molar-refractivity contribution is 6.01. The Morgan fingerprint density at radius 3 is 2.69 bits per heavy atom. The van der Waals surface area contributed by atoms with E-state index < -0.39 is 17.5 Å². The third-order valence-electron chi connectivity index (χ3n) is 4.33. The first kappa shape index (κ1) is 22.1. The lowest BCUT2D eigenvalue weighted by Crippen LogP contribution is -2.24. The van der Waals surface area contributed by atoms with Crippen molar-refractivity contribution in [3.8, 4) is 17.6 Å². The number of hydrogen-bond donors (Lipinski definition) is 1. The van der Waals surface area contributed by atoms with E-state index in [0.717, 1.165) is 0 Å². The fraction of sp³-hybridized carbons (Fsp3) is 0.0833. The zero-order valence-electron chi connectivity index (χ0n) is 17.1. The smallest absolute Gasteiger partial charge is 0.351 e. The van der Waals surface area contributed by atoms with Gasteiger partial charge in [0.05, 0.1) is 7.11 Å². The first-order chi connectivity index (χ1) is 15.5.